The molecular formula is C51H46N4. The van der Waals surface area contributed by atoms with E-state index in [1.165, 1.54) is 61.1 Å². The summed E-state index contributed by atoms with van der Waals surface area (Å²) in [6.07, 6.45) is 34.0. The van der Waals surface area contributed by atoms with Crippen LogP contribution >= 0.6 is 0 Å². The molecule has 270 valence electrons. The van der Waals surface area contributed by atoms with Crippen LogP contribution in [0, 0.1) is 5.92 Å². The molecule has 0 saturated carbocycles. The van der Waals surface area contributed by atoms with Gasteiger partial charge >= 0.3 is 0 Å². The van der Waals surface area contributed by atoms with Crippen molar-refractivity contribution in [3.63, 3.8) is 0 Å². The monoisotopic (exact) mass is 714 g/mol. The standard InChI is InChI=1S/C51H46N4/c1-34(36-17-14-18-37(31-36)35-15-4-2-5-16-35)41-21-8-11-24-46(41)53-51(52)55-48-26-13-9-22-42(48)44-29-27-39(33-50(44)55)38-28-30-49-45(32-38)43-23-10-12-25-47(43)54(49)40-19-6-3-7-20-40/h2-19,21-23,25-26,32-33,36,40,46H,1,20,24,27-31H2,(H2,52,53). The molecule has 3 unspecified atom stereocenters. The number of rotatable bonds is 6. The molecule has 0 spiro atoms. The topological polar surface area (TPSA) is 48.2 Å². The van der Waals surface area contributed by atoms with Crippen LogP contribution in [0.2, 0.25) is 0 Å². The van der Waals surface area contributed by atoms with Crippen molar-refractivity contribution >= 4 is 45.5 Å². The van der Waals surface area contributed by atoms with Crippen LogP contribution in [0.25, 0.3) is 39.5 Å². The number of nitrogens with two attached hydrogens (primary N) is 1. The Kier molecular flexibility index (Phi) is 8.47. The normalized spacial score (nSPS) is 21.9. The smallest absolute Gasteiger partial charge is 0.201 e. The molecule has 0 radical (unpaired) electrons. The maximum atomic E-state index is 7.17. The highest BCUT2D eigenvalue weighted by Crippen LogP contribution is 2.43. The largest absolute Gasteiger partial charge is 0.369 e. The minimum Gasteiger partial charge on any atom is -0.369 e. The summed E-state index contributed by atoms with van der Waals surface area (Å²) in [7, 11) is 0. The quantitative estimate of drug-likeness (QED) is 0.138. The van der Waals surface area contributed by atoms with Gasteiger partial charge < -0.3 is 10.3 Å². The predicted octanol–water partition coefficient (Wildman–Crippen LogP) is 11.6. The minimum absolute atomic E-state index is 0.105. The van der Waals surface area contributed by atoms with Crippen LogP contribution in [-0.2, 0) is 12.8 Å². The van der Waals surface area contributed by atoms with E-state index in [2.05, 4.69) is 167 Å². The number of benzene rings is 3. The molecule has 5 aliphatic rings. The Morgan fingerprint density at radius 2 is 1.45 bits per heavy atom. The Labute approximate surface area is 323 Å². The van der Waals surface area contributed by atoms with Gasteiger partial charge in [0.1, 0.15) is 0 Å². The SMILES string of the molecule is C=C(C1=CC=CCC1N=C(N)n1c2c(c3ccccc31)CCC(C1=Cc3c(n(C4C=CC=CC4)c4ccccc34)CC1)=C2)C1C=CC=C(c2ccccc2)C1. The number of aliphatic imine (C=N–C) groups is 1. The van der Waals surface area contributed by atoms with E-state index >= 15 is 0 Å². The molecule has 2 N–H and O–H groups in total. The van der Waals surface area contributed by atoms with Crippen LogP contribution < -0.4 is 5.73 Å². The molecule has 4 nitrogen and oxygen atoms in total. The number of para-hydroxylation sites is 2. The van der Waals surface area contributed by atoms with E-state index in [4.69, 9.17) is 10.7 Å². The summed E-state index contributed by atoms with van der Waals surface area (Å²) < 4.78 is 4.82. The summed E-state index contributed by atoms with van der Waals surface area (Å²) in [4.78, 5) is 5.34. The zero-order valence-electron chi connectivity index (χ0n) is 31.2. The van der Waals surface area contributed by atoms with Gasteiger partial charge in [0.05, 0.1) is 23.3 Å². The number of nitrogens with zero attached hydrogens (tertiary/aromatic N) is 3. The molecule has 55 heavy (non-hydrogen) atoms. The van der Waals surface area contributed by atoms with Gasteiger partial charge in [0.25, 0.3) is 0 Å². The summed E-state index contributed by atoms with van der Waals surface area (Å²) >= 11 is 0. The lowest BCUT2D eigenvalue weighted by Crippen LogP contribution is -2.28. The molecule has 0 fully saturated rings. The number of aryl methyl sites for hydroxylation is 1. The van der Waals surface area contributed by atoms with E-state index in [1.807, 2.05) is 0 Å². The molecule has 0 aliphatic heterocycles. The van der Waals surface area contributed by atoms with Gasteiger partial charge in [-0.15, -0.1) is 0 Å². The van der Waals surface area contributed by atoms with Crippen molar-refractivity contribution < 1.29 is 0 Å². The molecule has 0 amide bonds. The van der Waals surface area contributed by atoms with Crippen molar-refractivity contribution in [1.29, 1.82) is 0 Å². The molecule has 2 heterocycles. The fourth-order valence-corrected chi connectivity index (χ4v) is 9.66. The van der Waals surface area contributed by atoms with Gasteiger partial charge in [0.2, 0.25) is 5.96 Å². The first-order chi connectivity index (χ1) is 27.1. The van der Waals surface area contributed by atoms with Crippen LogP contribution in [0.1, 0.15) is 66.2 Å². The third-order valence-electron chi connectivity index (χ3n) is 12.4. The van der Waals surface area contributed by atoms with Crippen LogP contribution in [-0.4, -0.2) is 21.1 Å². The minimum atomic E-state index is -0.105. The Bertz CT molecular complexity index is 2660. The molecule has 3 aromatic carbocycles. The number of aromatic nitrogens is 2. The fourth-order valence-electron chi connectivity index (χ4n) is 9.66. The zero-order valence-corrected chi connectivity index (χ0v) is 31.2. The number of hydrogen-bond acceptors (Lipinski definition) is 1. The highest BCUT2D eigenvalue weighted by Gasteiger charge is 2.29. The number of allylic oxidation sites excluding steroid dienone is 12. The number of fused-ring (bicyclic) bond motifs is 6. The van der Waals surface area contributed by atoms with E-state index in [0.29, 0.717) is 12.0 Å². The summed E-state index contributed by atoms with van der Waals surface area (Å²) in [6.45, 7) is 4.67. The maximum Gasteiger partial charge on any atom is 0.201 e. The van der Waals surface area contributed by atoms with Crippen molar-refractivity contribution in [2.45, 2.75) is 57.0 Å². The Balaban J connectivity index is 0.996. The first-order valence-electron chi connectivity index (χ1n) is 19.9. The van der Waals surface area contributed by atoms with E-state index < -0.39 is 0 Å². The van der Waals surface area contributed by atoms with Crippen LogP contribution in [0.5, 0.6) is 0 Å². The molecule has 3 atom stereocenters. The second kappa shape index (κ2) is 13.9. The average Bonchev–Trinajstić information content (AvgIpc) is 3.76. The Morgan fingerprint density at radius 1 is 0.691 bits per heavy atom. The molecule has 0 bridgehead atoms. The third kappa shape index (κ3) is 5.88. The number of hydrogen-bond donors (Lipinski definition) is 1. The molecule has 4 heteroatoms. The van der Waals surface area contributed by atoms with E-state index in [1.54, 1.807) is 0 Å². The third-order valence-corrected chi connectivity index (χ3v) is 12.4. The molecule has 5 aliphatic carbocycles. The van der Waals surface area contributed by atoms with Gasteiger partial charge in [-0.25, -0.2) is 4.99 Å². The van der Waals surface area contributed by atoms with Crippen molar-refractivity contribution in [2.75, 3.05) is 0 Å². The molecule has 0 saturated heterocycles. The van der Waals surface area contributed by atoms with Gasteiger partial charge in [-0.1, -0.05) is 134 Å². The summed E-state index contributed by atoms with van der Waals surface area (Å²) in [5.41, 5.74) is 22.7. The first kappa shape index (κ1) is 33.4. The van der Waals surface area contributed by atoms with E-state index in [-0.39, 0.29) is 12.0 Å². The summed E-state index contributed by atoms with van der Waals surface area (Å²) in [5, 5.41) is 2.61. The molecule has 10 rings (SSSR count). The highest BCUT2D eigenvalue weighted by atomic mass is 15.2. The van der Waals surface area contributed by atoms with Crippen LogP contribution in [0.3, 0.4) is 0 Å². The van der Waals surface area contributed by atoms with E-state index in [9.17, 15) is 0 Å². The Morgan fingerprint density at radius 3 is 2.31 bits per heavy atom. The second-order valence-corrected chi connectivity index (χ2v) is 15.5. The van der Waals surface area contributed by atoms with Crippen LogP contribution in [0.15, 0.2) is 173 Å². The van der Waals surface area contributed by atoms with E-state index in [0.717, 1.165) is 61.6 Å². The molecule has 2 aromatic heterocycles. The summed E-state index contributed by atoms with van der Waals surface area (Å²) in [5.74, 6) is 0.743. The second-order valence-electron chi connectivity index (χ2n) is 15.5. The maximum absolute atomic E-state index is 7.17. The lowest BCUT2D eigenvalue weighted by Gasteiger charge is -2.27. The lowest BCUT2D eigenvalue weighted by molar-refractivity contribution is 0.597. The van der Waals surface area contributed by atoms with Gasteiger partial charge in [0, 0.05) is 33.5 Å². The highest BCUT2D eigenvalue weighted by molar-refractivity contribution is 6.00. The van der Waals surface area contributed by atoms with Gasteiger partial charge in [0.15, 0.2) is 0 Å². The molecular weight excluding hydrogens is 669 g/mol. The lowest BCUT2D eigenvalue weighted by atomic mass is 9.80. The summed E-state index contributed by atoms with van der Waals surface area (Å²) in [6, 6.07) is 28.6. The molecule has 5 aromatic rings. The van der Waals surface area contributed by atoms with Crippen molar-refractivity contribution in [3.05, 3.63) is 197 Å². The van der Waals surface area contributed by atoms with Crippen molar-refractivity contribution in [3.8, 4) is 0 Å². The Hall–Kier alpha value is -6.13. The fraction of sp³-hybridized carbons (Fsp3) is 0.196. The first-order valence-corrected chi connectivity index (χ1v) is 19.9. The zero-order chi connectivity index (χ0) is 36.9. The van der Waals surface area contributed by atoms with Gasteiger partial charge in [-0.3, -0.25) is 4.57 Å². The predicted molar refractivity (Wildman–Crippen MR) is 232 cm³/mol. The van der Waals surface area contributed by atoms with Crippen molar-refractivity contribution in [2.24, 2.45) is 16.6 Å². The average molecular weight is 715 g/mol. The van der Waals surface area contributed by atoms with Gasteiger partial charge in [-0.2, -0.15) is 0 Å². The van der Waals surface area contributed by atoms with Gasteiger partial charge in [-0.05, 0) is 108 Å². The van der Waals surface area contributed by atoms with Crippen molar-refractivity contribution in [1.82, 2.24) is 9.13 Å². The van der Waals surface area contributed by atoms with Crippen LogP contribution in [0.4, 0.5) is 0 Å².